The minimum Gasteiger partial charge on any atom is -0.430 e. The first-order valence-corrected chi connectivity index (χ1v) is 3.15. The van der Waals surface area contributed by atoms with Crippen molar-refractivity contribution in [3.05, 3.63) is 35.2 Å². The van der Waals surface area contributed by atoms with Crippen LogP contribution in [-0.2, 0) is 0 Å². The largest absolute Gasteiger partial charge is 0.432 e. The van der Waals surface area contributed by atoms with E-state index in [1.807, 2.05) is 0 Å². The summed E-state index contributed by atoms with van der Waals surface area (Å²) in [5, 5.41) is 14.2. The molecule has 0 saturated carbocycles. The molecule has 2 N–H and O–H groups in total. The fourth-order valence-electron chi connectivity index (χ4n) is 0.544. The lowest BCUT2D eigenvalue weighted by atomic mass is 10.3. The third kappa shape index (κ3) is 5.59. The molecule has 2 nitrogen and oxygen atoms in total. The number of benzene rings is 1. The van der Waals surface area contributed by atoms with Gasteiger partial charge in [0.1, 0.15) is 0 Å². The summed E-state index contributed by atoms with van der Waals surface area (Å²) in [6, 6.07) is -0.0618. The Hall–Kier alpha value is -0.445. The normalized spacial score (nSPS) is 7.94. The Morgan fingerprint density at radius 2 is 1.00 bits per heavy atom. The number of hydrogen-bond acceptors (Lipinski definition) is 2. The van der Waals surface area contributed by atoms with Gasteiger partial charge in [0.05, 0.1) is 0 Å². The highest BCUT2D eigenvalue weighted by Gasteiger charge is 2.18. The average molecular weight is 282 g/mol. The molecular formula is C6H8BF5O2S2. The molecule has 0 aliphatic carbocycles. The molecule has 0 fully saturated rings. The van der Waals surface area contributed by atoms with E-state index in [0.717, 1.165) is 0 Å². The van der Waals surface area contributed by atoms with E-state index >= 15 is 0 Å². The molecule has 0 bridgehead atoms. The zero-order valence-corrected chi connectivity index (χ0v) is 9.57. The summed E-state index contributed by atoms with van der Waals surface area (Å²) in [7, 11) is -0.750. The molecule has 1 aromatic rings. The zero-order valence-electron chi connectivity index (χ0n) is 7.57. The van der Waals surface area contributed by atoms with Crippen molar-refractivity contribution in [1.29, 1.82) is 0 Å². The van der Waals surface area contributed by atoms with Crippen LogP contribution >= 0.6 is 27.0 Å². The van der Waals surface area contributed by atoms with Gasteiger partial charge in [-0.05, 0) is 0 Å². The molecule has 0 aliphatic rings. The standard InChI is InChI=1S/C6HF5.BH3O2.2H2S/c7-2-1-3(8)5(10)6(11)4(2)9;2-1-3;;/h1H;1-3H;2*1H2. The third-order valence-electron chi connectivity index (χ3n) is 1.06. The van der Waals surface area contributed by atoms with Crippen LogP contribution < -0.4 is 0 Å². The van der Waals surface area contributed by atoms with Crippen molar-refractivity contribution in [1.82, 2.24) is 0 Å². The van der Waals surface area contributed by atoms with Crippen LogP contribution in [0.3, 0.4) is 0 Å². The predicted molar refractivity (Wildman–Crippen MR) is 58.6 cm³/mol. The number of hydrogen-bond donors (Lipinski definition) is 2. The van der Waals surface area contributed by atoms with Gasteiger partial charge in [-0.25, -0.2) is 22.0 Å². The molecule has 1 rings (SSSR count). The van der Waals surface area contributed by atoms with E-state index in [1.54, 1.807) is 0 Å². The molecule has 0 aliphatic heterocycles. The van der Waals surface area contributed by atoms with Crippen LogP contribution in [0.15, 0.2) is 6.07 Å². The lowest BCUT2D eigenvalue weighted by molar-refractivity contribution is 0.378. The molecule has 0 heterocycles. The summed E-state index contributed by atoms with van der Waals surface area (Å²) in [5.41, 5.74) is 0. The number of rotatable bonds is 0. The minimum atomic E-state index is -2.14. The van der Waals surface area contributed by atoms with Gasteiger partial charge in [0.15, 0.2) is 23.3 Å². The van der Waals surface area contributed by atoms with E-state index < -0.39 is 36.8 Å². The molecular weight excluding hydrogens is 274 g/mol. The van der Waals surface area contributed by atoms with Gasteiger partial charge < -0.3 is 10.0 Å². The van der Waals surface area contributed by atoms with Crippen LogP contribution in [0, 0.1) is 29.1 Å². The van der Waals surface area contributed by atoms with Gasteiger partial charge in [-0.15, -0.1) is 0 Å². The van der Waals surface area contributed by atoms with Crippen molar-refractivity contribution in [3.63, 3.8) is 0 Å². The maximum Gasteiger partial charge on any atom is 0.432 e. The molecule has 0 radical (unpaired) electrons. The highest BCUT2D eigenvalue weighted by Crippen LogP contribution is 2.16. The van der Waals surface area contributed by atoms with Gasteiger partial charge in [-0.2, -0.15) is 27.0 Å². The molecule has 0 amide bonds. The van der Waals surface area contributed by atoms with Crippen LogP contribution in [0.1, 0.15) is 0 Å². The van der Waals surface area contributed by atoms with Crippen LogP contribution in [-0.4, -0.2) is 17.7 Å². The predicted octanol–water partition coefficient (Wildman–Crippen LogP) is 0.845. The molecule has 16 heavy (non-hydrogen) atoms. The molecule has 0 aromatic heterocycles. The Balaban J connectivity index is -0.000000306. The van der Waals surface area contributed by atoms with E-state index in [9.17, 15) is 22.0 Å². The minimum absolute atomic E-state index is 0. The van der Waals surface area contributed by atoms with Gasteiger partial charge in [0.25, 0.3) is 0 Å². The van der Waals surface area contributed by atoms with Gasteiger partial charge in [0, 0.05) is 6.07 Å². The van der Waals surface area contributed by atoms with Crippen molar-refractivity contribution in [2.45, 2.75) is 0 Å². The fraction of sp³-hybridized carbons (Fsp3) is 0. The van der Waals surface area contributed by atoms with E-state index in [2.05, 4.69) is 0 Å². The van der Waals surface area contributed by atoms with Crippen molar-refractivity contribution in [3.8, 4) is 0 Å². The summed E-state index contributed by atoms with van der Waals surface area (Å²) in [6.07, 6.45) is 0. The number of halogens is 5. The summed E-state index contributed by atoms with van der Waals surface area (Å²) in [4.78, 5) is 0. The van der Waals surface area contributed by atoms with Gasteiger partial charge in [-0.3, -0.25) is 0 Å². The van der Waals surface area contributed by atoms with Crippen LogP contribution in [0.25, 0.3) is 0 Å². The first kappa shape index (κ1) is 20.9. The van der Waals surface area contributed by atoms with Crippen molar-refractivity contribution in [2.75, 3.05) is 0 Å². The monoisotopic (exact) mass is 282 g/mol. The summed E-state index contributed by atoms with van der Waals surface area (Å²) in [6.45, 7) is 0. The van der Waals surface area contributed by atoms with Gasteiger partial charge in [-0.1, -0.05) is 0 Å². The summed E-state index contributed by atoms with van der Waals surface area (Å²) < 4.78 is 60.0. The lowest BCUT2D eigenvalue weighted by Gasteiger charge is -1.96. The Morgan fingerprint density at radius 1 is 0.750 bits per heavy atom. The summed E-state index contributed by atoms with van der Waals surface area (Å²) >= 11 is 0. The van der Waals surface area contributed by atoms with Gasteiger partial charge >= 0.3 is 7.69 Å². The highest BCUT2D eigenvalue weighted by molar-refractivity contribution is 7.59. The smallest absolute Gasteiger partial charge is 0.430 e. The third-order valence-corrected chi connectivity index (χ3v) is 1.06. The molecule has 10 heteroatoms. The molecule has 0 saturated heterocycles. The van der Waals surface area contributed by atoms with Crippen LogP contribution in [0.5, 0.6) is 0 Å². The fourth-order valence-corrected chi connectivity index (χ4v) is 0.544. The van der Waals surface area contributed by atoms with E-state index in [1.165, 1.54) is 0 Å². The summed E-state index contributed by atoms with van der Waals surface area (Å²) in [5.74, 6) is -9.65. The second-order valence-electron chi connectivity index (χ2n) is 1.92. The Bertz CT molecular complexity index is 302. The van der Waals surface area contributed by atoms with E-state index in [0.29, 0.717) is 0 Å². The second-order valence-corrected chi connectivity index (χ2v) is 1.92. The molecule has 0 atom stereocenters. The SMILES string of the molecule is Fc1cc(F)c(F)c(F)c1F.OBO.S.S. The Morgan fingerprint density at radius 3 is 1.25 bits per heavy atom. The molecule has 0 spiro atoms. The Kier molecular flexibility index (Phi) is 12.7. The maximum atomic E-state index is 12.0. The average Bonchev–Trinajstić information content (AvgIpc) is 2.13. The molecule has 1 aromatic carbocycles. The van der Waals surface area contributed by atoms with E-state index in [4.69, 9.17) is 10.0 Å². The topological polar surface area (TPSA) is 40.5 Å². The van der Waals surface area contributed by atoms with Crippen LogP contribution in [0.2, 0.25) is 0 Å². The van der Waals surface area contributed by atoms with Crippen LogP contribution in [0.4, 0.5) is 22.0 Å². The van der Waals surface area contributed by atoms with E-state index in [-0.39, 0.29) is 33.1 Å². The van der Waals surface area contributed by atoms with Crippen molar-refractivity contribution < 1.29 is 32.0 Å². The first-order chi connectivity index (χ1) is 6.45. The second kappa shape index (κ2) is 9.76. The highest BCUT2D eigenvalue weighted by atomic mass is 32.1. The molecule has 0 unspecified atom stereocenters. The first-order valence-electron chi connectivity index (χ1n) is 3.15. The zero-order chi connectivity index (χ0) is 11.3. The molecule has 94 valence electrons. The van der Waals surface area contributed by atoms with Crippen molar-refractivity contribution in [2.24, 2.45) is 0 Å². The lowest BCUT2D eigenvalue weighted by Crippen LogP contribution is -1.98. The quantitative estimate of drug-likeness (QED) is 0.320. The maximum absolute atomic E-state index is 12.0. The Labute approximate surface area is 102 Å². The van der Waals surface area contributed by atoms with Gasteiger partial charge in [0.2, 0.25) is 5.82 Å². The van der Waals surface area contributed by atoms with Crippen molar-refractivity contribution >= 4 is 34.7 Å².